The summed E-state index contributed by atoms with van der Waals surface area (Å²) in [5.41, 5.74) is 2.71. The monoisotopic (exact) mass is 380 g/mol. The molecular weight excluding hydrogens is 364 g/mol. The Morgan fingerprint density at radius 2 is 2.08 bits per heavy atom. The van der Waals surface area contributed by atoms with E-state index in [-0.39, 0.29) is 18.4 Å². The van der Waals surface area contributed by atoms with Crippen molar-refractivity contribution >= 4 is 39.5 Å². The predicted octanol–water partition coefficient (Wildman–Crippen LogP) is 4.67. The van der Waals surface area contributed by atoms with E-state index in [1.807, 2.05) is 29.2 Å². The molecule has 1 aliphatic rings. The standard InChI is InChI=1S/C20H16N2O2S2/c23-19(12-15-13-4-1-2-5-16(13)24-21-15)22-9-7-17-14(8-11-26-17)20(22)18-6-3-10-25-18/h1-6,8,10-11,20H,7,9,12H2. The van der Waals surface area contributed by atoms with Gasteiger partial charge in [0.25, 0.3) is 0 Å². The molecule has 4 aromatic rings. The molecule has 0 fully saturated rings. The molecule has 0 saturated heterocycles. The Morgan fingerprint density at radius 3 is 2.96 bits per heavy atom. The third-order valence-electron chi connectivity index (χ3n) is 4.87. The summed E-state index contributed by atoms with van der Waals surface area (Å²) in [6.45, 7) is 0.741. The predicted molar refractivity (Wildman–Crippen MR) is 104 cm³/mol. The van der Waals surface area contributed by atoms with Gasteiger partial charge in [-0.05, 0) is 47.0 Å². The highest BCUT2D eigenvalue weighted by Crippen LogP contribution is 2.39. The van der Waals surface area contributed by atoms with Crippen LogP contribution in [-0.4, -0.2) is 22.5 Å². The third kappa shape index (κ3) is 2.57. The lowest BCUT2D eigenvalue weighted by Gasteiger charge is -2.35. The van der Waals surface area contributed by atoms with Crippen molar-refractivity contribution in [3.8, 4) is 0 Å². The van der Waals surface area contributed by atoms with Crippen molar-refractivity contribution in [3.05, 3.63) is 74.2 Å². The van der Waals surface area contributed by atoms with Gasteiger partial charge in [0.15, 0.2) is 5.58 Å². The van der Waals surface area contributed by atoms with Crippen LogP contribution in [0.15, 0.2) is 57.7 Å². The molecule has 1 atom stereocenters. The van der Waals surface area contributed by atoms with Crippen LogP contribution in [-0.2, 0) is 17.6 Å². The summed E-state index contributed by atoms with van der Waals surface area (Å²) in [7, 11) is 0. The molecule has 0 radical (unpaired) electrons. The Labute approximate surface area is 158 Å². The number of rotatable bonds is 3. The topological polar surface area (TPSA) is 46.3 Å². The second-order valence-corrected chi connectivity index (χ2v) is 8.34. The van der Waals surface area contributed by atoms with Gasteiger partial charge in [-0.25, -0.2) is 0 Å². The second-order valence-electron chi connectivity index (χ2n) is 6.36. The second kappa shape index (κ2) is 6.37. The highest BCUT2D eigenvalue weighted by molar-refractivity contribution is 7.10. The molecule has 4 nitrogen and oxygen atoms in total. The van der Waals surface area contributed by atoms with Crippen LogP contribution in [0.3, 0.4) is 0 Å². The van der Waals surface area contributed by atoms with E-state index in [1.54, 1.807) is 22.7 Å². The van der Waals surface area contributed by atoms with Gasteiger partial charge in [0.1, 0.15) is 5.69 Å². The Kier molecular flexibility index (Phi) is 3.87. The number of para-hydroxylation sites is 1. The average molecular weight is 380 g/mol. The quantitative estimate of drug-likeness (QED) is 0.519. The average Bonchev–Trinajstić information content (AvgIpc) is 3.41. The van der Waals surface area contributed by atoms with Gasteiger partial charge < -0.3 is 9.42 Å². The van der Waals surface area contributed by atoms with Gasteiger partial charge in [-0.2, -0.15) is 0 Å². The van der Waals surface area contributed by atoms with Crippen LogP contribution in [0.1, 0.15) is 27.1 Å². The molecule has 4 heterocycles. The summed E-state index contributed by atoms with van der Waals surface area (Å²) in [6, 6.07) is 14.0. The third-order valence-corrected chi connectivity index (χ3v) is 6.79. The van der Waals surface area contributed by atoms with Gasteiger partial charge in [-0.15, -0.1) is 22.7 Å². The van der Waals surface area contributed by atoms with Gasteiger partial charge in [0, 0.05) is 21.7 Å². The van der Waals surface area contributed by atoms with Crippen molar-refractivity contribution in [1.29, 1.82) is 0 Å². The van der Waals surface area contributed by atoms with E-state index in [4.69, 9.17) is 4.52 Å². The van der Waals surface area contributed by atoms with Crippen LogP contribution in [0, 0.1) is 0 Å². The van der Waals surface area contributed by atoms with Crippen molar-refractivity contribution in [1.82, 2.24) is 10.1 Å². The molecule has 1 unspecified atom stereocenters. The van der Waals surface area contributed by atoms with Crippen LogP contribution < -0.4 is 0 Å². The van der Waals surface area contributed by atoms with Crippen LogP contribution in [0.5, 0.6) is 0 Å². The molecular formula is C20H16N2O2S2. The number of fused-ring (bicyclic) bond motifs is 2. The largest absolute Gasteiger partial charge is 0.356 e. The first-order valence-corrected chi connectivity index (χ1v) is 10.3. The molecule has 3 aromatic heterocycles. The van der Waals surface area contributed by atoms with Gasteiger partial charge in [0.05, 0.1) is 12.5 Å². The summed E-state index contributed by atoms with van der Waals surface area (Å²) in [6.07, 6.45) is 1.18. The molecule has 0 saturated carbocycles. The zero-order chi connectivity index (χ0) is 17.5. The summed E-state index contributed by atoms with van der Waals surface area (Å²) < 4.78 is 5.36. The molecule has 6 heteroatoms. The van der Waals surface area contributed by atoms with Crippen molar-refractivity contribution in [2.24, 2.45) is 0 Å². The van der Waals surface area contributed by atoms with E-state index in [1.165, 1.54) is 15.3 Å². The highest BCUT2D eigenvalue weighted by Gasteiger charge is 2.33. The number of amides is 1. The van der Waals surface area contributed by atoms with Crippen molar-refractivity contribution in [3.63, 3.8) is 0 Å². The van der Waals surface area contributed by atoms with Gasteiger partial charge >= 0.3 is 0 Å². The number of carbonyl (C=O) groups is 1. The summed E-state index contributed by atoms with van der Waals surface area (Å²) in [5, 5.41) is 9.26. The van der Waals surface area contributed by atoms with E-state index in [0.717, 1.165) is 23.9 Å². The SMILES string of the molecule is O=C(Cc1noc2ccccc12)N1CCc2sccc2C1c1cccs1. The summed E-state index contributed by atoms with van der Waals surface area (Å²) in [5.74, 6) is 0.0966. The van der Waals surface area contributed by atoms with Crippen LogP contribution in [0.4, 0.5) is 0 Å². The number of carbonyl (C=O) groups excluding carboxylic acids is 1. The molecule has 26 heavy (non-hydrogen) atoms. The molecule has 130 valence electrons. The Hall–Kier alpha value is -2.44. The van der Waals surface area contributed by atoms with E-state index in [2.05, 4.69) is 34.1 Å². The normalized spacial score (nSPS) is 16.8. The van der Waals surface area contributed by atoms with Crippen molar-refractivity contribution in [2.45, 2.75) is 18.9 Å². The first kappa shape index (κ1) is 15.8. The fourth-order valence-electron chi connectivity index (χ4n) is 3.65. The molecule has 0 N–H and O–H groups in total. The fraction of sp³-hybridized carbons (Fsp3) is 0.200. The van der Waals surface area contributed by atoms with E-state index in [9.17, 15) is 4.79 Å². The van der Waals surface area contributed by atoms with E-state index in [0.29, 0.717) is 5.69 Å². The number of aromatic nitrogens is 1. The Bertz CT molecular complexity index is 1060. The fourth-order valence-corrected chi connectivity index (χ4v) is 5.41. The number of hydrogen-bond donors (Lipinski definition) is 0. The minimum Gasteiger partial charge on any atom is -0.356 e. The lowest BCUT2D eigenvalue weighted by molar-refractivity contribution is -0.132. The Morgan fingerprint density at radius 1 is 1.15 bits per heavy atom. The first-order valence-electron chi connectivity index (χ1n) is 8.53. The summed E-state index contributed by atoms with van der Waals surface area (Å²) >= 11 is 3.49. The zero-order valence-corrected chi connectivity index (χ0v) is 15.6. The molecule has 1 amide bonds. The number of nitrogens with zero attached hydrogens (tertiary/aromatic N) is 2. The van der Waals surface area contributed by atoms with Crippen LogP contribution in [0.25, 0.3) is 11.0 Å². The Balaban J connectivity index is 1.49. The molecule has 1 aromatic carbocycles. The maximum absolute atomic E-state index is 13.2. The molecule has 5 rings (SSSR count). The van der Waals surface area contributed by atoms with Crippen LogP contribution >= 0.6 is 22.7 Å². The summed E-state index contributed by atoms with van der Waals surface area (Å²) in [4.78, 5) is 17.8. The maximum atomic E-state index is 13.2. The minimum absolute atomic E-state index is 0.00988. The zero-order valence-electron chi connectivity index (χ0n) is 13.9. The van der Waals surface area contributed by atoms with Gasteiger partial charge in [-0.3, -0.25) is 4.79 Å². The molecule has 0 aliphatic carbocycles. The smallest absolute Gasteiger partial charge is 0.229 e. The number of hydrogen-bond acceptors (Lipinski definition) is 5. The molecule has 0 bridgehead atoms. The highest BCUT2D eigenvalue weighted by atomic mass is 32.1. The molecule has 1 aliphatic heterocycles. The van der Waals surface area contributed by atoms with Crippen molar-refractivity contribution < 1.29 is 9.32 Å². The lowest BCUT2D eigenvalue weighted by atomic mass is 9.97. The molecule has 0 spiro atoms. The van der Waals surface area contributed by atoms with Crippen molar-refractivity contribution in [2.75, 3.05) is 6.54 Å². The van der Waals surface area contributed by atoms with Gasteiger partial charge in [0.2, 0.25) is 5.91 Å². The first-order chi connectivity index (χ1) is 12.8. The maximum Gasteiger partial charge on any atom is 0.229 e. The number of benzene rings is 1. The van der Waals surface area contributed by atoms with E-state index >= 15 is 0 Å². The van der Waals surface area contributed by atoms with E-state index < -0.39 is 0 Å². The minimum atomic E-state index is 0.00988. The number of thiophene rings is 2. The van der Waals surface area contributed by atoms with Gasteiger partial charge in [-0.1, -0.05) is 23.4 Å². The lowest BCUT2D eigenvalue weighted by Crippen LogP contribution is -2.40. The van der Waals surface area contributed by atoms with Crippen LogP contribution in [0.2, 0.25) is 0 Å².